The van der Waals surface area contributed by atoms with E-state index in [0.29, 0.717) is 25.7 Å². The van der Waals surface area contributed by atoms with Gasteiger partial charge in [0.25, 0.3) is 0 Å². The van der Waals surface area contributed by atoms with Crippen LogP contribution < -0.4 is 11.5 Å². The Kier molecular flexibility index (Phi) is 19.4. The standard InChI is InChI=1S/C46H66N2O4S2/c1-3-45(47,33-31-41-27-25-39(53-41)23-15-7-13-21-37-17-9-5-10-18-37)35-51-43(49)29-30-44(50)52-36-46(48,4-2)34-32-42-28-26-40(54-42)24-16-8-14-22-38-19-11-6-12-20-38/h25-30,37-38H,3-14,17-22,31-36,47-48H2,1-2H3/b30-29-. The lowest BCUT2D eigenvalue weighted by atomic mass is 9.86. The number of carbonyl (C=O) groups excluding carboxylic acids is 2. The van der Waals surface area contributed by atoms with Crippen molar-refractivity contribution in [3.05, 3.63) is 55.9 Å². The van der Waals surface area contributed by atoms with Crippen molar-refractivity contribution in [2.24, 2.45) is 23.3 Å². The van der Waals surface area contributed by atoms with Gasteiger partial charge in [-0.1, -0.05) is 102 Å². The van der Waals surface area contributed by atoms with Gasteiger partial charge in [0.05, 0.1) is 20.8 Å². The largest absolute Gasteiger partial charge is 0.461 e. The fourth-order valence-corrected chi connectivity index (χ4v) is 9.24. The zero-order valence-corrected chi connectivity index (χ0v) is 34.8. The molecule has 2 saturated carbocycles. The lowest BCUT2D eigenvalue weighted by Crippen LogP contribution is -2.45. The average Bonchev–Trinajstić information content (AvgIpc) is 3.87. The van der Waals surface area contributed by atoms with Crippen LogP contribution >= 0.6 is 22.7 Å². The molecule has 8 heteroatoms. The van der Waals surface area contributed by atoms with Crippen LogP contribution in [0.3, 0.4) is 0 Å². The molecule has 2 fully saturated rings. The van der Waals surface area contributed by atoms with Crippen molar-refractivity contribution in [1.82, 2.24) is 0 Å². The SMILES string of the molecule is CCC(N)(CCc1ccc(C#CCCCC2CCCCC2)s1)COC(=O)/C=C\C(=O)OCC(N)(CC)CCc1ccc(C#CCCCC2CCCCC2)s1. The van der Waals surface area contributed by atoms with Crippen LogP contribution in [0.15, 0.2) is 36.4 Å². The number of esters is 2. The summed E-state index contributed by atoms with van der Waals surface area (Å²) in [5.74, 6) is 14.0. The Bertz CT molecular complexity index is 1460. The second kappa shape index (κ2) is 23.9. The quantitative estimate of drug-likeness (QED) is 0.0601. The maximum atomic E-state index is 12.5. The number of rotatable bonds is 20. The van der Waals surface area contributed by atoms with Gasteiger partial charge in [0, 0.05) is 34.7 Å². The highest BCUT2D eigenvalue weighted by atomic mass is 32.1. The van der Waals surface area contributed by atoms with E-state index in [2.05, 4.69) is 47.9 Å². The van der Waals surface area contributed by atoms with Crippen LogP contribution in [-0.4, -0.2) is 36.2 Å². The Balaban J connectivity index is 1.10. The highest BCUT2D eigenvalue weighted by Gasteiger charge is 2.26. The third kappa shape index (κ3) is 16.9. The number of aryl methyl sites for hydroxylation is 2. The minimum absolute atomic E-state index is 0.0684. The van der Waals surface area contributed by atoms with Crippen molar-refractivity contribution in [1.29, 1.82) is 0 Å². The van der Waals surface area contributed by atoms with E-state index in [1.54, 1.807) is 22.7 Å². The van der Waals surface area contributed by atoms with E-state index in [-0.39, 0.29) is 13.2 Å². The molecule has 2 heterocycles. The Hall–Kier alpha value is -2.88. The molecule has 6 nitrogen and oxygen atoms in total. The second-order valence-electron chi connectivity index (χ2n) is 15.9. The molecule has 0 aliphatic heterocycles. The summed E-state index contributed by atoms with van der Waals surface area (Å²) in [5.41, 5.74) is 11.9. The minimum atomic E-state index is -0.663. The summed E-state index contributed by atoms with van der Waals surface area (Å²) in [6.45, 7) is 4.13. The van der Waals surface area contributed by atoms with E-state index < -0.39 is 23.0 Å². The number of hydrogen-bond acceptors (Lipinski definition) is 8. The highest BCUT2D eigenvalue weighted by Crippen LogP contribution is 2.29. The van der Waals surface area contributed by atoms with Gasteiger partial charge in [0.1, 0.15) is 13.2 Å². The van der Waals surface area contributed by atoms with E-state index in [1.807, 2.05) is 13.8 Å². The first kappa shape index (κ1) is 43.8. The topological polar surface area (TPSA) is 105 Å². The van der Waals surface area contributed by atoms with Crippen molar-refractivity contribution in [2.45, 2.75) is 166 Å². The second-order valence-corrected chi connectivity index (χ2v) is 18.2. The normalized spacial score (nSPS) is 17.5. The number of unbranched alkanes of at least 4 members (excludes halogenated alkanes) is 2. The molecule has 0 amide bonds. The molecule has 2 atom stereocenters. The lowest BCUT2D eigenvalue weighted by Gasteiger charge is -2.27. The number of nitrogens with two attached hydrogens (primary N) is 2. The van der Waals surface area contributed by atoms with E-state index in [1.165, 1.54) is 99.6 Å². The highest BCUT2D eigenvalue weighted by molar-refractivity contribution is 7.12. The molecular weight excluding hydrogens is 709 g/mol. The number of carbonyl (C=O) groups is 2. The van der Waals surface area contributed by atoms with Crippen LogP contribution in [0.25, 0.3) is 0 Å². The zero-order chi connectivity index (χ0) is 38.5. The van der Waals surface area contributed by atoms with Crippen molar-refractivity contribution in [3.63, 3.8) is 0 Å². The fraction of sp³-hybridized carbons (Fsp3) is 0.652. The summed E-state index contributed by atoms with van der Waals surface area (Å²) in [4.78, 5) is 29.6. The third-order valence-corrected chi connectivity index (χ3v) is 13.7. The molecule has 2 unspecified atom stereocenters. The van der Waals surface area contributed by atoms with Gasteiger partial charge in [0.15, 0.2) is 0 Å². The minimum Gasteiger partial charge on any atom is -0.461 e. The Labute approximate surface area is 334 Å². The summed E-state index contributed by atoms with van der Waals surface area (Å²) in [7, 11) is 0. The average molecular weight is 775 g/mol. The first-order chi connectivity index (χ1) is 26.2. The molecule has 0 spiro atoms. The Morgan fingerprint density at radius 2 is 1.09 bits per heavy atom. The van der Waals surface area contributed by atoms with E-state index in [0.717, 1.165) is 59.4 Å². The van der Waals surface area contributed by atoms with E-state index >= 15 is 0 Å². The van der Waals surface area contributed by atoms with Crippen LogP contribution in [0.5, 0.6) is 0 Å². The predicted octanol–water partition coefficient (Wildman–Crippen LogP) is 10.4. The lowest BCUT2D eigenvalue weighted by molar-refractivity contribution is -0.142. The van der Waals surface area contributed by atoms with Gasteiger partial charge in [0.2, 0.25) is 0 Å². The molecule has 0 aromatic carbocycles. The molecule has 2 aromatic rings. The zero-order valence-electron chi connectivity index (χ0n) is 33.2. The summed E-state index contributed by atoms with van der Waals surface area (Å²) in [6.07, 6.45) is 27.4. The first-order valence-corrected chi connectivity index (χ1v) is 22.6. The van der Waals surface area contributed by atoms with Crippen molar-refractivity contribution in [3.8, 4) is 23.7 Å². The molecule has 2 aliphatic carbocycles. The van der Waals surface area contributed by atoms with Crippen LogP contribution in [-0.2, 0) is 31.9 Å². The smallest absolute Gasteiger partial charge is 0.331 e. The molecule has 0 bridgehead atoms. The van der Waals surface area contributed by atoms with Crippen LogP contribution in [0.4, 0.5) is 0 Å². The van der Waals surface area contributed by atoms with Crippen molar-refractivity contribution >= 4 is 34.6 Å². The van der Waals surface area contributed by atoms with Crippen LogP contribution in [0.1, 0.15) is 162 Å². The first-order valence-electron chi connectivity index (χ1n) is 20.9. The molecule has 4 rings (SSSR count). The molecule has 0 radical (unpaired) electrons. The Morgan fingerprint density at radius 3 is 1.48 bits per heavy atom. The molecule has 2 aliphatic rings. The molecular formula is C46H66N2O4S2. The molecule has 4 N–H and O–H groups in total. The maximum absolute atomic E-state index is 12.5. The predicted molar refractivity (Wildman–Crippen MR) is 225 cm³/mol. The van der Waals surface area contributed by atoms with E-state index in [9.17, 15) is 9.59 Å². The van der Waals surface area contributed by atoms with Gasteiger partial charge >= 0.3 is 11.9 Å². The van der Waals surface area contributed by atoms with Crippen molar-refractivity contribution in [2.75, 3.05) is 13.2 Å². The summed E-state index contributed by atoms with van der Waals surface area (Å²) in [6, 6.07) is 8.42. The summed E-state index contributed by atoms with van der Waals surface area (Å²) < 4.78 is 10.9. The van der Waals surface area contributed by atoms with Gasteiger partial charge < -0.3 is 20.9 Å². The monoisotopic (exact) mass is 774 g/mol. The molecule has 0 saturated heterocycles. The van der Waals surface area contributed by atoms with Crippen LogP contribution in [0, 0.1) is 35.5 Å². The number of hydrogen-bond donors (Lipinski definition) is 2. The van der Waals surface area contributed by atoms with Gasteiger partial charge in [-0.3, -0.25) is 0 Å². The van der Waals surface area contributed by atoms with E-state index in [4.69, 9.17) is 20.9 Å². The third-order valence-electron chi connectivity index (χ3n) is 11.5. The van der Waals surface area contributed by atoms with Gasteiger partial charge in [-0.2, -0.15) is 0 Å². The summed E-state index contributed by atoms with van der Waals surface area (Å²) in [5, 5.41) is 0. The van der Waals surface area contributed by atoms with Gasteiger partial charge in [-0.25, -0.2) is 9.59 Å². The summed E-state index contributed by atoms with van der Waals surface area (Å²) >= 11 is 3.42. The van der Waals surface area contributed by atoms with Gasteiger partial charge in [-0.15, -0.1) is 22.7 Å². The fourth-order valence-electron chi connectivity index (χ4n) is 7.48. The molecule has 2 aromatic heterocycles. The van der Waals surface area contributed by atoms with Crippen LogP contribution in [0.2, 0.25) is 0 Å². The maximum Gasteiger partial charge on any atom is 0.331 e. The number of thiophene rings is 2. The molecule has 54 heavy (non-hydrogen) atoms. The molecule has 296 valence electrons. The number of ether oxygens (including phenoxy) is 2. The Morgan fingerprint density at radius 1 is 0.685 bits per heavy atom. The van der Waals surface area contributed by atoms with Gasteiger partial charge in [-0.05, 0) is 100 Å². The van der Waals surface area contributed by atoms with Crippen molar-refractivity contribution < 1.29 is 19.1 Å².